The number of fused-ring (bicyclic) bond motifs is 3. The minimum absolute atomic E-state index is 0.0376. The zero-order valence-corrected chi connectivity index (χ0v) is 11.2. The van der Waals surface area contributed by atoms with Gasteiger partial charge in [0.15, 0.2) is 0 Å². The molecule has 0 spiro atoms. The molecule has 2 heterocycles. The molecular weight excluding hydrogens is 315 g/mol. The Morgan fingerprint density at radius 1 is 1.05 bits per heavy atom. The topological polar surface area (TPSA) is 63.1 Å². The predicted molar refractivity (Wildman–Crippen MR) is 69.9 cm³/mol. The van der Waals surface area contributed by atoms with Crippen LogP contribution in [0.4, 0.5) is 0 Å². The van der Waals surface area contributed by atoms with E-state index in [0.29, 0.717) is 5.52 Å². The van der Waals surface area contributed by atoms with Crippen molar-refractivity contribution in [1.29, 1.82) is 0 Å². The van der Waals surface area contributed by atoms with Gasteiger partial charge in [-0.05, 0) is 12.1 Å². The standard InChI is InChI=1S/C13H8N2O2.ClH.Cu/c16-13(17)10-6-5-9-4-3-8-2-1-7-14-11(8)12(9)15-10;;/h1-7H,(H,16,17);1H;/q;;+1/p-1. The van der Waals surface area contributed by atoms with Crippen molar-refractivity contribution in [3.05, 3.63) is 48.3 Å². The van der Waals surface area contributed by atoms with Crippen molar-refractivity contribution >= 4 is 37.9 Å². The Labute approximate surface area is 121 Å². The second kappa shape index (κ2) is 5.97. The average Bonchev–Trinajstić information content (AvgIpc) is 2.48. The summed E-state index contributed by atoms with van der Waals surface area (Å²) in [6, 6.07) is 10.9. The maximum absolute atomic E-state index is 10.9. The van der Waals surface area contributed by atoms with E-state index >= 15 is 0 Å². The van der Waals surface area contributed by atoms with E-state index in [4.69, 9.17) is 5.11 Å². The van der Waals surface area contributed by atoms with Crippen LogP contribution in [0.15, 0.2) is 42.6 Å². The summed E-state index contributed by atoms with van der Waals surface area (Å²) in [5, 5.41) is 10.8. The minimum atomic E-state index is -1.03. The van der Waals surface area contributed by atoms with Crippen molar-refractivity contribution < 1.29 is 25.0 Å². The number of carbonyl (C=O) groups is 1. The number of pyridine rings is 2. The molecule has 1 N–H and O–H groups in total. The van der Waals surface area contributed by atoms with E-state index in [9.17, 15) is 4.79 Å². The average molecular weight is 323 g/mol. The molecule has 0 unspecified atom stereocenters. The van der Waals surface area contributed by atoms with Gasteiger partial charge in [0, 0.05) is 17.0 Å². The summed E-state index contributed by atoms with van der Waals surface area (Å²) in [5.74, 6) is -1.03. The van der Waals surface area contributed by atoms with Gasteiger partial charge in [-0.25, -0.2) is 9.78 Å². The summed E-state index contributed by atoms with van der Waals surface area (Å²) < 4.78 is 0. The van der Waals surface area contributed by atoms with Crippen molar-refractivity contribution in [2.45, 2.75) is 0 Å². The molecule has 0 saturated carbocycles. The fraction of sp³-hybridized carbons (Fsp3) is 0. The first-order chi connectivity index (χ1) is 9.25. The van der Waals surface area contributed by atoms with Crippen LogP contribution in [0.5, 0.6) is 0 Å². The van der Waals surface area contributed by atoms with E-state index in [1.54, 1.807) is 12.3 Å². The van der Waals surface area contributed by atoms with Gasteiger partial charge in [-0.3, -0.25) is 4.98 Å². The fourth-order valence-corrected chi connectivity index (χ4v) is 1.84. The van der Waals surface area contributed by atoms with E-state index < -0.39 is 5.97 Å². The molecule has 0 fully saturated rings. The molecular formula is C13H8ClCuN2O2. The van der Waals surface area contributed by atoms with Crippen molar-refractivity contribution in [2.24, 2.45) is 0 Å². The van der Waals surface area contributed by atoms with Crippen LogP contribution in [0, 0.1) is 0 Å². The van der Waals surface area contributed by atoms with Crippen LogP contribution in [0.3, 0.4) is 0 Å². The normalized spacial score (nSPS) is 10.1. The maximum atomic E-state index is 10.9. The Morgan fingerprint density at radius 3 is 2.37 bits per heavy atom. The van der Waals surface area contributed by atoms with E-state index in [-0.39, 0.29) is 5.69 Å². The Balaban J connectivity index is 0.000000637. The van der Waals surface area contributed by atoms with E-state index in [1.807, 2.05) is 24.3 Å². The van der Waals surface area contributed by atoms with Gasteiger partial charge < -0.3 is 5.11 Å². The van der Waals surface area contributed by atoms with Gasteiger partial charge in [0.2, 0.25) is 0 Å². The first-order valence-corrected chi connectivity index (χ1v) is 6.54. The van der Waals surface area contributed by atoms with Crippen molar-refractivity contribution in [2.75, 3.05) is 0 Å². The first-order valence-electron chi connectivity index (χ1n) is 5.25. The summed E-state index contributed by atoms with van der Waals surface area (Å²) in [5.41, 5.74) is 1.40. The Morgan fingerprint density at radius 2 is 1.68 bits per heavy atom. The molecule has 0 radical (unpaired) electrons. The number of halogens is 1. The van der Waals surface area contributed by atoms with E-state index in [0.717, 1.165) is 16.3 Å². The van der Waals surface area contributed by atoms with Crippen molar-refractivity contribution in [3.8, 4) is 0 Å². The number of nitrogens with zero attached hydrogens (tertiary/aromatic N) is 2. The summed E-state index contributed by atoms with van der Waals surface area (Å²) in [7, 11) is 4.20. The van der Waals surface area contributed by atoms with Crippen LogP contribution >= 0.6 is 10.1 Å². The number of carboxylic acid groups (broad SMARTS) is 1. The molecule has 0 amide bonds. The molecule has 4 nitrogen and oxygen atoms in total. The molecule has 100 valence electrons. The van der Waals surface area contributed by atoms with Gasteiger partial charge >= 0.3 is 31.2 Å². The zero-order chi connectivity index (χ0) is 13.8. The first kappa shape index (κ1) is 13.7. The van der Waals surface area contributed by atoms with Crippen molar-refractivity contribution in [1.82, 2.24) is 9.97 Å². The third-order valence-electron chi connectivity index (χ3n) is 2.65. The Hall–Kier alpha value is -1.68. The molecule has 0 aliphatic rings. The molecule has 0 aliphatic carbocycles. The summed E-state index contributed by atoms with van der Waals surface area (Å²) in [6.45, 7) is 0. The monoisotopic (exact) mass is 322 g/mol. The fourth-order valence-electron chi connectivity index (χ4n) is 1.84. The third-order valence-corrected chi connectivity index (χ3v) is 2.65. The van der Waals surface area contributed by atoms with Gasteiger partial charge in [0.05, 0.1) is 11.0 Å². The molecule has 0 bridgehead atoms. The summed E-state index contributed by atoms with van der Waals surface area (Å²) in [6.07, 6.45) is 1.68. The van der Waals surface area contributed by atoms with Gasteiger partial charge in [-0.2, -0.15) is 0 Å². The van der Waals surface area contributed by atoms with Crippen LogP contribution in [0.1, 0.15) is 10.5 Å². The quantitative estimate of drug-likeness (QED) is 0.552. The number of aromatic nitrogens is 2. The number of aromatic carboxylic acids is 1. The van der Waals surface area contributed by atoms with Gasteiger partial charge in [0.25, 0.3) is 0 Å². The summed E-state index contributed by atoms with van der Waals surface area (Å²) >= 11 is 3.66. The molecule has 6 heteroatoms. The van der Waals surface area contributed by atoms with Crippen LogP contribution in [0.2, 0.25) is 0 Å². The molecule has 3 aromatic rings. The number of rotatable bonds is 1. The van der Waals surface area contributed by atoms with E-state index in [2.05, 4.69) is 35.2 Å². The molecule has 0 aliphatic heterocycles. The number of hydrogen-bond donors (Lipinski definition) is 1. The molecule has 3 rings (SSSR count). The summed E-state index contributed by atoms with van der Waals surface area (Å²) in [4.78, 5) is 19.3. The molecule has 2 aromatic heterocycles. The van der Waals surface area contributed by atoms with Crippen LogP contribution < -0.4 is 0 Å². The van der Waals surface area contributed by atoms with E-state index in [1.165, 1.54) is 6.07 Å². The van der Waals surface area contributed by atoms with Crippen LogP contribution in [-0.4, -0.2) is 21.0 Å². The molecule has 0 saturated heterocycles. The van der Waals surface area contributed by atoms with Gasteiger partial charge in [0.1, 0.15) is 5.69 Å². The third kappa shape index (κ3) is 2.68. The molecule has 0 atom stereocenters. The number of carboxylic acids is 1. The second-order valence-electron chi connectivity index (χ2n) is 3.71. The van der Waals surface area contributed by atoms with Gasteiger partial charge in [-0.1, -0.05) is 24.3 Å². The SMILES string of the molecule is O=C(O)c1ccc2ccc3cccnc3c2n1.[Cl][Cu]. The molecule has 19 heavy (non-hydrogen) atoms. The second-order valence-corrected chi connectivity index (χ2v) is 3.71. The Kier molecular flexibility index (Phi) is 4.32. The van der Waals surface area contributed by atoms with Crippen LogP contribution in [0.25, 0.3) is 21.8 Å². The molecule has 1 aromatic carbocycles. The number of hydrogen-bond acceptors (Lipinski definition) is 3. The van der Waals surface area contributed by atoms with Crippen LogP contribution in [-0.2, 0) is 15.1 Å². The predicted octanol–water partition coefficient (Wildman–Crippen LogP) is 3.17. The zero-order valence-electron chi connectivity index (χ0n) is 9.47. The van der Waals surface area contributed by atoms with Crippen molar-refractivity contribution in [3.63, 3.8) is 0 Å². The Bertz CT molecular complexity index is 749. The number of benzene rings is 1. The van der Waals surface area contributed by atoms with Gasteiger partial charge in [-0.15, -0.1) is 0 Å².